The molecular formula is C34H39N3O5. The predicted molar refractivity (Wildman–Crippen MR) is 162 cm³/mol. The fourth-order valence-electron chi connectivity index (χ4n) is 7.74. The molecule has 1 spiro atoms. The maximum Gasteiger partial charge on any atom is 0.250 e. The lowest BCUT2D eigenvalue weighted by molar-refractivity contribution is -0.149. The van der Waals surface area contributed by atoms with Crippen LogP contribution in [0.4, 0.5) is 11.4 Å². The zero-order valence-electron chi connectivity index (χ0n) is 24.4. The summed E-state index contributed by atoms with van der Waals surface area (Å²) in [5.41, 5.74) is -0.761. The zero-order valence-corrected chi connectivity index (χ0v) is 24.4. The molecule has 0 aliphatic carbocycles. The molecule has 7 atom stereocenters. The summed E-state index contributed by atoms with van der Waals surface area (Å²) in [4.78, 5) is 44.4. The van der Waals surface area contributed by atoms with Gasteiger partial charge in [0.25, 0.3) is 0 Å². The highest BCUT2D eigenvalue weighted by Gasteiger charge is 2.79. The number of carbonyl (C=O) groups is 3. The van der Waals surface area contributed by atoms with E-state index in [2.05, 4.69) is 10.6 Å². The predicted octanol–water partition coefficient (Wildman–Crippen LogP) is 4.98. The van der Waals surface area contributed by atoms with Gasteiger partial charge in [-0.05, 0) is 60.2 Å². The minimum absolute atomic E-state index is 0.0703. The molecule has 8 heteroatoms. The fourth-order valence-corrected chi connectivity index (χ4v) is 7.74. The van der Waals surface area contributed by atoms with Crippen molar-refractivity contribution in [3.63, 3.8) is 0 Å². The molecule has 3 aromatic carbocycles. The van der Waals surface area contributed by atoms with Gasteiger partial charge in [-0.15, -0.1) is 0 Å². The Morgan fingerprint density at radius 1 is 0.952 bits per heavy atom. The molecule has 3 fully saturated rings. The van der Waals surface area contributed by atoms with Crippen molar-refractivity contribution in [1.82, 2.24) is 4.90 Å². The molecule has 2 bridgehead atoms. The van der Waals surface area contributed by atoms with Crippen LogP contribution < -0.4 is 10.6 Å². The smallest absolute Gasteiger partial charge is 0.250 e. The van der Waals surface area contributed by atoms with E-state index in [0.717, 1.165) is 10.8 Å². The first-order valence-corrected chi connectivity index (χ1v) is 15.1. The summed E-state index contributed by atoms with van der Waals surface area (Å²) in [5, 5.41) is 18.7. The van der Waals surface area contributed by atoms with Gasteiger partial charge >= 0.3 is 0 Å². The Kier molecular flexibility index (Phi) is 7.31. The first-order valence-electron chi connectivity index (χ1n) is 15.1. The van der Waals surface area contributed by atoms with Crippen molar-refractivity contribution in [2.75, 3.05) is 17.2 Å². The number of likely N-dealkylation sites (tertiary alicyclic amines) is 1. The van der Waals surface area contributed by atoms with Crippen LogP contribution in [0.2, 0.25) is 0 Å². The molecule has 6 rings (SSSR count). The zero-order chi connectivity index (χ0) is 29.6. The molecule has 3 aromatic rings. The van der Waals surface area contributed by atoms with E-state index in [1.807, 2.05) is 93.6 Å². The van der Waals surface area contributed by atoms with Crippen LogP contribution in [0.1, 0.15) is 46.5 Å². The highest BCUT2D eigenvalue weighted by molar-refractivity contribution is 6.06. The van der Waals surface area contributed by atoms with Crippen molar-refractivity contribution in [2.24, 2.45) is 17.8 Å². The molecule has 3 heterocycles. The molecule has 3 saturated heterocycles. The van der Waals surface area contributed by atoms with Gasteiger partial charge in [0.2, 0.25) is 17.7 Å². The van der Waals surface area contributed by atoms with Gasteiger partial charge in [-0.2, -0.15) is 0 Å². The molecule has 8 nitrogen and oxygen atoms in total. The van der Waals surface area contributed by atoms with Crippen LogP contribution in [-0.4, -0.2) is 57.6 Å². The molecule has 2 unspecified atom stereocenters. The summed E-state index contributed by atoms with van der Waals surface area (Å²) in [7, 11) is 0. The molecule has 42 heavy (non-hydrogen) atoms. The molecule has 3 amide bonds. The van der Waals surface area contributed by atoms with Crippen LogP contribution in [0.25, 0.3) is 10.8 Å². The van der Waals surface area contributed by atoms with E-state index in [-0.39, 0.29) is 30.2 Å². The number of benzene rings is 3. The first kappa shape index (κ1) is 28.4. The molecule has 0 aromatic heterocycles. The van der Waals surface area contributed by atoms with Gasteiger partial charge in [-0.3, -0.25) is 14.4 Å². The minimum atomic E-state index is -1.17. The Labute approximate surface area is 246 Å². The highest BCUT2D eigenvalue weighted by atomic mass is 16.5. The van der Waals surface area contributed by atoms with Gasteiger partial charge in [0.05, 0.1) is 30.1 Å². The third-order valence-corrected chi connectivity index (χ3v) is 10.1. The van der Waals surface area contributed by atoms with Gasteiger partial charge in [-0.25, -0.2) is 0 Å². The Hall–Kier alpha value is -3.75. The van der Waals surface area contributed by atoms with E-state index in [9.17, 15) is 19.5 Å². The van der Waals surface area contributed by atoms with E-state index in [1.165, 1.54) is 0 Å². The average Bonchev–Trinajstić information content (AvgIpc) is 3.61. The van der Waals surface area contributed by atoms with Crippen LogP contribution in [0.5, 0.6) is 0 Å². The first-order chi connectivity index (χ1) is 20.3. The van der Waals surface area contributed by atoms with E-state index in [0.29, 0.717) is 37.1 Å². The standard InChI is InChI=1S/C34H39N3O5/c1-4-21(3)26(20-38)37-29(31(40)36-25-16-15-22-11-9-10-12-23(22)19-25)34-18-17-33(5-2,42-34)27(28(34)32(37)41)30(39)35-24-13-7-6-8-14-24/h6-16,19,21,26-29,38H,4-5,17-18,20H2,1-3H3,(H,35,39)(H,36,40)/t21-,26-,27-,28-,29?,33+,34?/m0/s1. The fraction of sp³-hybridized carbons (Fsp3) is 0.441. The lowest BCUT2D eigenvalue weighted by Crippen LogP contribution is -2.57. The Balaban J connectivity index is 1.41. The summed E-state index contributed by atoms with van der Waals surface area (Å²) in [5.74, 6) is -2.60. The number of nitrogens with zero attached hydrogens (tertiary/aromatic N) is 1. The second-order valence-corrected chi connectivity index (χ2v) is 12.1. The van der Waals surface area contributed by atoms with E-state index in [4.69, 9.17) is 4.74 Å². The number of hydrogen-bond donors (Lipinski definition) is 3. The number of para-hydroxylation sites is 1. The van der Waals surface area contributed by atoms with Gasteiger partial charge in [0.1, 0.15) is 11.6 Å². The highest BCUT2D eigenvalue weighted by Crippen LogP contribution is 2.64. The third kappa shape index (κ3) is 4.31. The number of nitrogens with one attached hydrogen (secondary N) is 2. The largest absolute Gasteiger partial charge is 0.394 e. The van der Waals surface area contributed by atoms with Crippen LogP contribution >= 0.6 is 0 Å². The Morgan fingerprint density at radius 2 is 1.64 bits per heavy atom. The summed E-state index contributed by atoms with van der Waals surface area (Å²) >= 11 is 0. The van der Waals surface area contributed by atoms with Crippen LogP contribution in [0.3, 0.4) is 0 Å². The maximum atomic E-state index is 14.5. The van der Waals surface area contributed by atoms with Crippen LogP contribution in [-0.2, 0) is 19.1 Å². The molecular weight excluding hydrogens is 530 g/mol. The summed E-state index contributed by atoms with van der Waals surface area (Å²) in [6.07, 6.45) is 2.31. The van der Waals surface area contributed by atoms with Gasteiger partial charge < -0.3 is 25.4 Å². The Bertz CT molecular complexity index is 1510. The number of amides is 3. The molecule has 0 radical (unpaired) electrons. The number of carbonyl (C=O) groups excluding carboxylic acids is 3. The second-order valence-electron chi connectivity index (χ2n) is 12.1. The number of rotatable bonds is 9. The third-order valence-electron chi connectivity index (χ3n) is 10.1. The molecule has 3 aliphatic heterocycles. The minimum Gasteiger partial charge on any atom is -0.394 e. The lowest BCUT2D eigenvalue weighted by Gasteiger charge is -2.39. The van der Waals surface area contributed by atoms with Crippen molar-refractivity contribution in [1.29, 1.82) is 0 Å². The Morgan fingerprint density at radius 3 is 2.33 bits per heavy atom. The summed E-state index contributed by atoms with van der Waals surface area (Å²) in [6.45, 7) is 5.67. The number of aliphatic hydroxyl groups excluding tert-OH is 1. The molecule has 3 N–H and O–H groups in total. The normalized spacial score (nSPS) is 29.4. The van der Waals surface area contributed by atoms with E-state index in [1.54, 1.807) is 4.90 Å². The average molecular weight is 570 g/mol. The van der Waals surface area contributed by atoms with Crippen LogP contribution in [0.15, 0.2) is 72.8 Å². The lowest BCUT2D eigenvalue weighted by atomic mass is 9.65. The van der Waals surface area contributed by atoms with Crippen molar-refractivity contribution < 1.29 is 24.2 Å². The van der Waals surface area contributed by atoms with Gasteiger partial charge in [0, 0.05) is 11.4 Å². The molecule has 220 valence electrons. The molecule has 3 aliphatic rings. The number of fused-ring (bicyclic) bond motifs is 2. The second kappa shape index (κ2) is 10.8. The maximum absolute atomic E-state index is 14.5. The summed E-state index contributed by atoms with van der Waals surface area (Å²) < 4.78 is 6.88. The van der Waals surface area contributed by atoms with Crippen molar-refractivity contribution in [2.45, 2.75) is 69.7 Å². The van der Waals surface area contributed by atoms with Crippen LogP contribution in [0, 0.1) is 17.8 Å². The topological polar surface area (TPSA) is 108 Å². The SMILES string of the molecule is CC[C@H](C)[C@H](CO)N1C(=O)[C@@H]2[C@@H](C(=O)Nc3ccccc3)[C@@]3(CC)CCC2(O3)C1C(=O)Nc1ccc2ccccc2c1. The molecule has 0 saturated carbocycles. The quantitative estimate of drug-likeness (QED) is 0.337. The number of aliphatic hydroxyl groups is 1. The van der Waals surface area contributed by atoms with Gasteiger partial charge in [-0.1, -0.05) is 75.7 Å². The van der Waals surface area contributed by atoms with Crippen molar-refractivity contribution in [3.8, 4) is 0 Å². The number of hydrogen-bond acceptors (Lipinski definition) is 5. The van der Waals surface area contributed by atoms with Crippen molar-refractivity contribution in [3.05, 3.63) is 72.8 Å². The van der Waals surface area contributed by atoms with Crippen molar-refractivity contribution >= 4 is 39.9 Å². The summed E-state index contributed by atoms with van der Waals surface area (Å²) in [6, 6.07) is 21.2. The van der Waals surface area contributed by atoms with E-state index < -0.39 is 35.1 Å². The van der Waals surface area contributed by atoms with E-state index >= 15 is 0 Å². The number of ether oxygens (including phenoxy) is 1. The monoisotopic (exact) mass is 569 g/mol. The van der Waals surface area contributed by atoms with Gasteiger partial charge in [0.15, 0.2) is 0 Å². The number of anilines is 2.